The van der Waals surface area contributed by atoms with Crippen LogP contribution in [0.5, 0.6) is 0 Å². The topological polar surface area (TPSA) is 81.4 Å². The lowest BCUT2D eigenvalue weighted by Gasteiger charge is -2.12. The van der Waals surface area contributed by atoms with Gasteiger partial charge < -0.3 is 5.32 Å². The zero-order valence-electron chi connectivity index (χ0n) is 12.5. The smallest absolute Gasteiger partial charge is 0.215 e. The second-order valence-corrected chi connectivity index (χ2v) is 6.20. The van der Waals surface area contributed by atoms with Gasteiger partial charge in [-0.05, 0) is 48.4 Å². The molecule has 7 nitrogen and oxygen atoms in total. The maximum Gasteiger partial charge on any atom is 0.215 e. The molecule has 3 rings (SSSR count). The van der Waals surface area contributed by atoms with Crippen LogP contribution in [0.2, 0.25) is 0 Å². The van der Waals surface area contributed by atoms with Gasteiger partial charge in [0.25, 0.3) is 0 Å². The molecule has 0 saturated heterocycles. The molecular weight excluding hydrogens is 286 g/mol. The average molecular weight is 305 g/mol. The number of aryl methyl sites for hydroxylation is 1. The van der Waals surface area contributed by atoms with Gasteiger partial charge in [-0.1, -0.05) is 6.92 Å². The molecule has 8 heteroatoms. The lowest BCUT2D eigenvalue weighted by atomic mass is 10.3. The van der Waals surface area contributed by atoms with Gasteiger partial charge in [-0.15, -0.1) is 5.10 Å². The van der Waals surface area contributed by atoms with E-state index in [-0.39, 0.29) is 0 Å². The Hall–Kier alpha value is -1.70. The van der Waals surface area contributed by atoms with Crippen molar-refractivity contribution < 1.29 is 0 Å². The maximum atomic E-state index is 4.72. The first-order valence-corrected chi connectivity index (χ1v) is 8.03. The van der Waals surface area contributed by atoms with Gasteiger partial charge in [0.05, 0.1) is 0 Å². The van der Waals surface area contributed by atoms with Crippen LogP contribution >= 0.6 is 11.8 Å². The molecule has 21 heavy (non-hydrogen) atoms. The summed E-state index contributed by atoms with van der Waals surface area (Å²) in [7, 11) is 1.83. The molecular formula is C13H19N7S. The van der Waals surface area contributed by atoms with E-state index < -0.39 is 0 Å². The third-order valence-electron chi connectivity index (χ3n) is 3.37. The van der Waals surface area contributed by atoms with Gasteiger partial charge >= 0.3 is 0 Å². The summed E-state index contributed by atoms with van der Waals surface area (Å²) in [6.45, 7) is 5.10. The summed E-state index contributed by atoms with van der Waals surface area (Å²) >= 11 is 1.49. The van der Waals surface area contributed by atoms with E-state index in [0.29, 0.717) is 5.92 Å². The van der Waals surface area contributed by atoms with Crippen molar-refractivity contribution in [2.45, 2.75) is 49.2 Å². The molecule has 0 aliphatic heterocycles. The normalized spacial score (nSPS) is 14.4. The number of rotatable bonds is 6. The fourth-order valence-electron chi connectivity index (χ4n) is 1.95. The molecule has 1 aliphatic rings. The summed E-state index contributed by atoms with van der Waals surface area (Å²) in [4.78, 5) is 9.41. The van der Waals surface area contributed by atoms with E-state index in [4.69, 9.17) is 9.97 Å². The third kappa shape index (κ3) is 3.15. The number of nitrogens with one attached hydrogen (secondary N) is 1. The van der Waals surface area contributed by atoms with Crippen LogP contribution in [-0.2, 0) is 7.05 Å². The molecule has 0 spiro atoms. The Labute approximate surface area is 127 Å². The second kappa shape index (κ2) is 5.97. The molecule has 0 radical (unpaired) electrons. The second-order valence-electron chi connectivity index (χ2n) is 5.25. The average Bonchev–Trinajstić information content (AvgIpc) is 3.25. The van der Waals surface area contributed by atoms with Crippen molar-refractivity contribution in [3.63, 3.8) is 0 Å². The molecule has 0 bridgehead atoms. The molecule has 0 aromatic carbocycles. The van der Waals surface area contributed by atoms with Crippen LogP contribution in [0.15, 0.2) is 10.2 Å². The van der Waals surface area contributed by atoms with Crippen LogP contribution in [0.1, 0.15) is 43.5 Å². The van der Waals surface area contributed by atoms with Crippen LogP contribution in [0, 0.1) is 6.92 Å². The van der Waals surface area contributed by atoms with Gasteiger partial charge in [0.2, 0.25) is 5.16 Å². The lowest BCUT2D eigenvalue weighted by molar-refractivity contribution is 0.664. The van der Waals surface area contributed by atoms with Crippen molar-refractivity contribution in [1.82, 2.24) is 30.2 Å². The molecule has 1 saturated carbocycles. The molecule has 0 atom stereocenters. The Morgan fingerprint density at radius 1 is 1.33 bits per heavy atom. The minimum atomic E-state index is 0.518. The predicted molar refractivity (Wildman–Crippen MR) is 80.4 cm³/mol. The highest BCUT2D eigenvalue weighted by molar-refractivity contribution is 7.99. The Balaban J connectivity index is 1.93. The third-order valence-corrected chi connectivity index (χ3v) is 4.49. The molecule has 0 amide bonds. The quantitative estimate of drug-likeness (QED) is 0.819. The minimum absolute atomic E-state index is 0.518. The van der Waals surface area contributed by atoms with Gasteiger partial charge in [0.15, 0.2) is 0 Å². The van der Waals surface area contributed by atoms with E-state index in [1.165, 1.54) is 24.6 Å². The van der Waals surface area contributed by atoms with Crippen LogP contribution in [-0.4, -0.2) is 36.7 Å². The van der Waals surface area contributed by atoms with E-state index >= 15 is 0 Å². The van der Waals surface area contributed by atoms with Crippen LogP contribution in [0.3, 0.4) is 0 Å². The van der Waals surface area contributed by atoms with Gasteiger partial charge in [-0.2, -0.15) is 0 Å². The van der Waals surface area contributed by atoms with Crippen molar-refractivity contribution in [3.05, 3.63) is 11.4 Å². The Morgan fingerprint density at radius 2 is 2.14 bits per heavy atom. The first-order chi connectivity index (χ1) is 10.2. The molecule has 112 valence electrons. The van der Waals surface area contributed by atoms with Gasteiger partial charge in [-0.25, -0.2) is 14.6 Å². The van der Waals surface area contributed by atoms with E-state index in [1.54, 1.807) is 4.68 Å². The number of anilines is 1. The largest absolute Gasteiger partial charge is 0.370 e. The highest BCUT2D eigenvalue weighted by Crippen LogP contribution is 2.40. The summed E-state index contributed by atoms with van der Waals surface area (Å²) in [5.74, 6) is 2.40. The van der Waals surface area contributed by atoms with Crippen molar-refractivity contribution in [1.29, 1.82) is 0 Å². The van der Waals surface area contributed by atoms with Gasteiger partial charge in [0.1, 0.15) is 16.7 Å². The molecule has 2 aromatic heterocycles. The highest BCUT2D eigenvalue weighted by atomic mass is 32.2. The number of hydrogen-bond donors (Lipinski definition) is 1. The van der Waals surface area contributed by atoms with Crippen LogP contribution in [0.4, 0.5) is 5.82 Å². The fraction of sp³-hybridized carbons (Fsp3) is 0.615. The van der Waals surface area contributed by atoms with Gasteiger partial charge in [-0.3, -0.25) is 0 Å². The first kappa shape index (κ1) is 14.2. The van der Waals surface area contributed by atoms with Crippen LogP contribution in [0.25, 0.3) is 0 Å². The van der Waals surface area contributed by atoms with Crippen molar-refractivity contribution in [3.8, 4) is 0 Å². The zero-order valence-corrected chi connectivity index (χ0v) is 13.3. The standard InChI is InChI=1S/C13H19N7S/c1-4-7-14-10-8(2)12(16-11(15-10)9-5-6-9)21-13-17-18-19-20(13)3/h9H,4-7H2,1-3H3,(H,14,15,16). The SMILES string of the molecule is CCCNc1nc(C2CC2)nc(Sc2nnnn2C)c1C. The minimum Gasteiger partial charge on any atom is -0.370 e. The maximum absolute atomic E-state index is 4.72. The van der Waals surface area contributed by atoms with Crippen molar-refractivity contribution >= 4 is 17.6 Å². The summed E-state index contributed by atoms with van der Waals surface area (Å²) in [6, 6.07) is 0. The molecule has 1 N–H and O–H groups in total. The van der Waals surface area contributed by atoms with Crippen LogP contribution < -0.4 is 5.32 Å². The Kier molecular flexibility index (Phi) is 4.05. The number of hydrogen-bond acceptors (Lipinski definition) is 7. The number of aromatic nitrogens is 6. The summed E-state index contributed by atoms with van der Waals surface area (Å²) in [6.07, 6.45) is 3.44. The monoisotopic (exact) mass is 305 g/mol. The molecule has 2 heterocycles. The molecule has 0 unspecified atom stereocenters. The van der Waals surface area contributed by atoms with E-state index in [0.717, 1.165) is 40.4 Å². The van der Waals surface area contributed by atoms with Crippen molar-refractivity contribution in [2.75, 3.05) is 11.9 Å². The number of tetrazole rings is 1. The summed E-state index contributed by atoms with van der Waals surface area (Å²) < 4.78 is 1.65. The fourth-order valence-corrected chi connectivity index (χ4v) is 2.75. The molecule has 1 aliphatic carbocycles. The number of nitrogens with zero attached hydrogens (tertiary/aromatic N) is 6. The Bertz CT molecular complexity index is 635. The first-order valence-electron chi connectivity index (χ1n) is 7.21. The Morgan fingerprint density at radius 3 is 2.76 bits per heavy atom. The lowest BCUT2D eigenvalue weighted by Crippen LogP contribution is -2.08. The highest BCUT2D eigenvalue weighted by Gasteiger charge is 2.28. The predicted octanol–water partition coefficient (Wildman–Crippen LogP) is 2.16. The molecule has 2 aromatic rings. The zero-order chi connectivity index (χ0) is 14.8. The van der Waals surface area contributed by atoms with E-state index in [2.05, 4.69) is 27.8 Å². The van der Waals surface area contributed by atoms with Crippen molar-refractivity contribution in [2.24, 2.45) is 7.05 Å². The molecule has 1 fully saturated rings. The van der Waals surface area contributed by atoms with E-state index in [9.17, 15) is 0 Å². The summed E-state index contributed by atoms with van der Waals surface area (Å²) in [5, 5.41) is 16.6. The van der Waals surface area contributed by atoms with E-state index in [1.807, 2.05) is 14.0 Å². The van der Waals surface area contributed by atoms with Gasteiger partial charge in [0, 0.05) is 25.1 Å². The summed E-state index contributed by atoms with van der Waals surface area (Å²) in [5.41, 5.74) is 1.06.